The molecule has 0 aromatic carbocycles. The molecule has 0 radical (unpaired) electrons. The summed E-state index contributed by atoms with van der Waals surface area (Å²) in [5.74, 6) is 0. The normalized spacial score (nSPS) is 34.2. The first-order chi connectivity index (χ1) is 8.18. The molecule has 2 bridgehead atoms. The molecular formula is C15H26BrF. The third kappa shape index (κ3) is 3.68. The van der Waals surface area contributed by atoms with Gasteiger partial charge in [0.2, 0.25) is 0 Å². The van der Waals surface area contributed by atoms with E-state index in [9.17, 15) is 4.39 Å². The van der Waals surface area contributed by atoms with Crippen LogP contribution in [0.5, 0.6) is 0 Å². The second kappa shape index (κ2) is 6.04. The van der Waals surface area contributed by atoms with Crippen LogP contribution in [0.25, 0.3) is 0 Å². The van der Waals surface area contributed by atoms with Gasteiger partial charge in [-0.25, -0.2) is 4.39 Å². The molecule has 3 rings (SSSR count). The fourth-order valence-corrected chi connectivity index (χ4v) is 4.18. The van der Waals surface area contributed by atoms with Crippen LogP contribution in [-0.4, -0.2) is 11.0 Å². The number of hydrogen-bond donors (Lipinski definition) is 0. The zero-order chi connectivity index (χ0) is 12.2. The van der Waals surface area contributed by atoms with E-state index in [1.807, 2.05) is 0 Å². The zero-order valence-electron chi connectivity index (χ0n) is 10.9. The zero-order valence-corrected chi connectivity index (χ0v) is 12.5. The highest BCUT2D eigenvalue weighted by molar-refractivity contribution is 9.09. The van der Waals surface area contributed by atoms with Gasteiger partial charge in [0, 0.05) is 5.33 Å². The maximum atomic E-state index is 13.3. The molecule has 0 aliphatic heterocycles. The van der Waals surface area contributed by atoms with Crippen LogP contribution in [0.15, 0.2) is 0 Å². The maximum absolute atomic E-state index is 13.3. The standard InChI is InChI=1S/C15H26BrF/c16-10-8-6-4-2-1-3-5-7-9-14-11-15(17,12-14)13-14/h1-13H2. The molecule has 0 N–H and O–H groups in total. The molecule has 0 aromatic rings. The quantitative estimate of drug-likeness (QED) is 0.354. The summed E-state index contributed by atoms with van der Waals surface area (Å²) in [7, 11) is 0. The maximum Gasteiger partial charge on any atom is 0.112 e. The van der Waals surface area contributed by atoms with Crippen molar-refractivity contribution >= 4 is 15.9 Å². The smallest absolute Gasteiger partial charge is 0.112 e. The lowest BCUT2D eigenvalue weighted by Crippen LogP contribution is -2.64. The van der Waals surface area contributed by atoms with Crippen LogP contribution in [0.2, 0.25) is 0 Å². The van der Waals surface area contributed by atoms with Crippen LogP contribution in [0, 0.1) is 5.41 Å². The van der Waals surface area contributed by atoms with Gasteiger partial charge in [-0.2, -0.15) is 0 Å². The van der Waals surface area contributed by atoms with Gasteiger partial charge in [0.25, 0.3) is 0 Å². The van der Waals surface area contributed by atoms with E-state index < -0.39 is 5.67 Å². The molecule has 0 nitrogen and oxygen atoms in total. The Balaban J connectivity index is 1.33. The third-order valence-electron chi connectivity index (χ3n) is 4.67. The Morgan fingerprint density at radius 3 is 1.71 bits per heavy atom. The first-order valence-corrected chi connectivity index (χ1v) is 8.55. The van der Waals surface area contributed by atoms with Gasteiger partial charge in [-0.15, -0.1) is 0 Å². The Kier molecular flexibility index (Phi) is 4.91. The molecule has 3 fully saturated rings. The summed E-state index contributed by atoms with van der Waals surface area (Å²) in [6, 6.07) is 0. The monoisotopic (exact) mass is 304 g/mol. The predicted octanol–water partition coefficient (Wildman–Crippen LogP) is 5.78. The van der Waals surface area contributed by atoms with Crippen LogP contribution < -0.4 is 0 Å². The highest BCUT2D eigenvalue weighted by Gasteiger charge is 2.68. The van der Waals surface area contributed by atoms with E-state index in [1.54, 1.807) is 0 Å². The van der Waals surface area contributed by atoms with Crippen molar-refractivity contribution in [3.63, 3.8) is 0 Å². The summed E-state index contributed by atoms with van der Waals surface area (Å²) >= 11 is 3.46. The van der Waals surface area contributed by atoms with Gasteiger partial charge in [-0.05, 0) is 37.5 Å². The average Bonchev–Trinajstić information content (AvgIpc) is 2.22. The van der Waals surface area contributed by atoms with Crippen molar-refractivity contribution < 1.29 is 4.39 Å². The van der Waals surface area contributed by atoms with Crippen LogP contribution in [-0.2, 0) is 0 Å². The first-order valence-electron chi connectivity index (χ1n) is 7.43. The Hall–Kier alpha value is 0.410. The van der Waals surface area contributed by atoms with Crippen molar-refractivity contribution in [2.45, 2.75) is 82.7 Å². The molecule has 0 amide bonds. The molecule has 0 aromatic heterocycles. The molecule has 2 heteroatoms. The second-order valence-electron chi connectivity index (χ2n) is 6.45. The molecule has 100 valence electrons. The number of halogens is 2. The van der Waals surface area contributed by atoms with Crippen molar-refractivity contribution in [2.24, 2.45) is 5.41 Å². The van der Waals surface area contributed by atoms with E-state index in [1.165, 1.54) is 57.8 Å². The fraction of sp³-hybridized carbons (Fsp3) is 1.00. The molecule has 3 saturated carbocycles. The summed E-state index contributed by atoms with van der Waals surface area (Å²) in [6.07, 6.45) is 15.0. The van der Waals surface area contributed by atoms with Gasteiger partial charge in [0.1, 0.15) is 5.67 Å². The van der Waals surface area contributed by atoms with Gasteiger partial charge in [-0.3, -0.25) is 0 Å². The van der Waals surface area contributed by atoms with Crippen molar-refractivity contribution in [3.8, 4) is 0 Å². The van der Waals surface area contributed by atoms with Crippen LogP contribution in [0.3, 0.4) is 0 Å². The third-order valence-corrected chi connectivity index (χ3v) is 5.23. The molecule has 17 heavy (non-hydrogen) atoms. The average molecular weight is 305 g/mol. The van der Waals surface area contributed by atoms with E-state index in [-0.39, 0.29) is 0 Å². The van der Waals surface area contributed by atoms with Gasteiger partial charge < -0.3 is 0 Å². The van der Waals surface area contributed by atoms with Crippen LogP contribution in [0.4, 0.5) is 4.39 Å². The largest absolute Gasteiger partial charge is 0.244 e. The fourth-order valence-electron chi connectivity index (χ4n) is 3.78. The van der Waals surface area contributed by atoms with Crippen molar-refractivity contribution in [1.82, 2.24) is 0 Å². The summed E-state index contributed by atoms with van der Waals surface area (Å²) in [5, 5.41) is 1.16. The lowest BCUT2D eigenvalue weighted by atomic mass is 9.41. The Morgan fingerprint density at radius 2 is 1.24 bits per heavy atom. The molecule has 3 aliphatic rings. The van der Waals surface area contributed by atoms with Gasteiger partial charge in [-0.1, -0.05) is 60.9 Å². The molecule has 0 heterocycles. The van der Waals surface area contributed by atoms with Gasteiger partial charge >= 0.3 is 0 Å². The molecular weight excluding hydrogens is 279 g/mol. The second-order valence-corrected chi connectivity index (χ2v) is 7.24. The number of hydrogen-bond acceptors (Lipinski definition) is 0. The van der Waals surface area contributed by atoms with E-state index >= 15 is 0 Å². The summed E-state index contributed by atoms with van der Waals surface area (Å²) < 4.78 is 13.3. The van der Waals surface area contributed by atoms with E-state index in [0.29, 0.717) is 5.41 Å². The van der Waals surface area contributed by atoms with Crippen LogP contribution >= 0.6 is 15.9 Å². The number of unbranched alkanes of at least 4 members (excludes halogenated alkanes) is 7. The minimum Gasteiger partial charge on any atom is -0.244 e. The van der Waals surface area contributed by atoms with Crippen molar-refractivity contribution in [3.05, 3.63) is 0 Å². The Morgan fingerprint density at radius 1 is 0.765 bits per heavy atom. The number of rotatable bonds is 10. The predicted molar refractivity (Wildman–Crippen MR) is 75.5 cm³/mol. The van der Waals surface area contributed by atoms with E-state index in [2.05, 4.69) is 15.9 Å². The lowest BCUT2D eigenvalue weighted by molar-refractivity contribution is -0.217. The lowest BCUT2D eigenvalue weighted by Gasteiger charge is -2.66. The SMILES string of the molecule is FC12CC(CCCCCCCCCCBr)(C1)C2. The Bertz CT molecular complexity index is 219. The summed E-state index contributed by atoms with van der Waals surface area (Å²) in [5.41, 5.74) is -0.194. The Labute approximate surface area is 114 Å². The first kappa shape index (κ1) is 13.8. The van der Waals surface area contributed by atoms with Crippen molar-refractivity contribution in [1.29, 1.82) is 0 Å². The minimum atomic E-state index is -0.685. The summed E-state index contributed by atoms with van der Waals surface area (Å²) in [6.45, 7) is 0. The number of alkyl halides is 2. The molecule has 0 unspecified atom stereocenters. The molecule has 0 atom stereocenters. The molecule has 3 aliphatic carbocycles. The minimum absolute atomic E-state index is 0.491. The van der Waals surface area contributed by atoms with E-state index in [4.69, 9.17) is 0 Å². The van der Waals surface area contributed by atoms with Gasteiger partial charge in [0.05, 0.1) is 0 Å². The summed E-state index contributed by atoms with van der Waals surface area (Å²) in [4.78, 5) is 0. The van der Waals surface area contributed by atoms with Crippen LogP contribution in [0.1, 0.15) is 77.0 Å². The highest BCUT2D eigenvalue weighted by Crippen LogP contribution is 2.71. The van der Waals surface area contributed by atoms with Gasteiger partial charge in [0.15, 0.2) is 0 Å². The highest BCUT2D eigenvalue weighted by atomic mass is 79.9. The van der Waals surface area contributed by atoms with E-state index in [0.717, 1.165) is 24.6 Å². The topological polar surface area (TPSA) is 0 Å². The molecule has 0 spiro atoms. The molecule has 0 saturated heterocycles. The van der Waals surface area contributed by atoms with Crippen molar-refractivity contribution in [2.75, 3.05) is 5.33 Å².